The van der Waals surface area contributed by atoms with Crippen molar-refractivity contribution in [1.82, 2.24) is 15.5 Å². The molecule has 3 rings (SSSR count). The minimum Gasteiger partial charge on any atom is -0.378 e. The molecule has 1 aliphatic heterocycles. The lowest BCUT2D eigenvalue weighted by molar-refractivity contribution is 0.0954. The van der Waals surface area contributed by atoms with E-state index in [0.29, 0.717) is 12.1 Å². The molecule has 1 aliphatic rings. The van der Waals surface area contributed by atoms with E-state index in [4.69, 9.17) is 4.74 Å². The first-order valence-corrected chi connectivity index (χ1v) is 7.93. The molecule has 2 N–H and O–H groups in total. The van der Waals surface area contributed by atoms with Crippen molar-refractivity contribution in [2.45, 2.75) is 13.3 Å². The normalized spacial score (nSPS) is 14.7. The number of rotatable bonds is 5. The molecular weight excluding hydrogens is 292 g/mol. The SMILES string of the molecule is Cc1cc(C(=O)NCCc2cn[nH]c2)ccc1N1CCOCC1. The minimum absolute atomic E-state index is 0.0369. The number of aryl methyl sites for hydroxylation is 1. The Morgan fingerprint density at radius 1 is 1.39 bits per heavy atom. The lowest BCUT2D eigenvalue weighted by Crippen LogP contribution is -2.36. The van der Waals surface area contributed by atoms with E-state index in [2.05, 4.69) is 20.4 Å². The van der Waals surface area contributed by atoms with Crippen molar-refractivity contribution in [2.75, 3.05) is 37.7 Å². The van der Waals surface area contributed by atoms with Crippen LogP contribution in [0.5, 0.6) is 0 Å². The zero-order valence-electron chi connectivity index (χ0n) is 13.3. The number of carbonyl (C=O) groups excluding carboxylic acids is 1. The highest BCUT2D eigenvalue weighted by molar-refractivity contribution is 5.94. The molecular formula is C17H22N4O2. The Morgan fingerprint density at radius 2 is 2.22 bits per heavy atom. The summed E-state index contributed by atoms with van der Waals surface area (Å²) in [6.45, 7) is 5.97. The maximum Gasteiger partial charge on any atom is 0.251 e. The molecule has 0 unspecified atom stereocenters. The molecule has 2 heterocycles. The van der Waals surface area contributed by atoms with Crippen LogP contribution in [0.3, 0.4) is 0 Å². The van der Waals surface area contributed by atoms with Gasteiger partial charge in [0.05, 0.1) is 19.4 Å². The summed E-state index contributed by atoms with van der Waals surface area (Å²) < 4.78 is 5.39. The molecule has 0 aliphatic carbocycles. The fraction of sp³-hybridized carbons (Fsp3) is 0.412. The fourth-order valence-electron chi connectivity index (χ4n) is 2.79. The maximum atomic E-state index is 12.2. The summed E-state index contributed by atoms with van der Waals surface area (Å²) in [6.07, 6.45) is 4.38. The average molecular weight is 314 g/mol. The number of ether oxygens (including phenoxy) is 1. The molecule has 6 nitrogen and oxygen atoms in total. The van der Waals surface area contributed by atoms with Gasteiger partial charge in [0.2, 0.25) is 0 Å². The van der Waals surface area contributed by atoms with Crippen LogP contribution in [0.25, 0.3) is 0 Å². The molecule has 1 saturated heterocycles. The first-order chi connectivity index (χ1) is 11.2. The number of anilines is 1. The molecule has 1 aromatic heterocycles. The summed E-state index contributed by atoms with van der Waals surface area (Å²) in [4.78, 5) is 14.5. The fourth-order valence-corrected chi connectivity index (χ4v) is 2.79. The van der Waals surface area contributed by atoms with E-state index in [-0.39, 0.29) is 5.91 Å². The van der Waals surface area contributed by atoms with Crippen LogP contribution in [0.1, 0.15) is 21.5 Å². The topological polar surface area (TPSA) is 70.2 Å². The van der Waals surface area contributed by atoms with Crippen molar-refractivity contribution in [2.24, 2.45) is 0 Å². The molecule has 6 heteroatoms. The molecule has 2 aromatic rings. The number of morpholine rings is 1. The summed E-state index contributed by atoms with van der Waals surface area (Å²) in [7, 11) is 0. The van der Waals surface area contributed by atoms with E-state index in [0.717, 1.165) is 43.9 Å². The summed E-state index contributed by atoms with van der Waals surface area (Å²) in [6, 6.07) is 5.88. The Labute approximate surface area is 135 Å². The van der Waals surface area contributed by atoms with Gasteiger partial charge in [-0.05, 0) is 42.7 Å². The van der Waals surface area contributed by atoms with E-state index in [9.17, 15) is 4.79 Å². The number of hydrogen-bond donors (Lipinski definition) is 2. The monoisotopic (exact) mass is 314 g/mol. The Hall–Kier alpha value is -2.34. The van der Waals surface area contributed by atoms with Gasteiger partial charge in [-0.3, -0.25) is 9.89 Å². The number of benzene rings is 1. The average Bonchev–Trinajstić information content (AvgIpc) is 3.09. The van der Waals surface area contributed by atoms with Crippen molar-refractivity contribution in [3.63, 3.8) is 0 Å². The molecule has 1 fully saturated rings. The zero-order valence-corrected chi connectivity index (χ0v) is 13.3. The molecule has 1 aromatic carbocycles. The first-order valence-electron chi connectivity index (χ1n) is 7.93. The van der Waals surface area contributed by atoms with Gasteiger partial charge in [0.15, 0.2) is 0 Å². The van der Waals surface area contributed by atoms with Crippen LogP contribution in [-0.4, -0.2) is 49.0 Å². The molecule has 0 bridgehead atoms. The number of hydrogen-bond acceptors (Lipinski definition) is 4. The van der Waals surface area contributed by atoms with Gasteiger partial charge in [0.25, 0.3) is 5.91 Å². The van der Waals surface area contributed by atoms with Gasteiger partial charge in [0, 0.05) is 37.1 Å². The second-order valence-electron chi connectivity index (χ2n) is 5.71. The van der Waals surface area contributed by atoms with Crippen molar-refractivity contribution in [1.29, 1.82) is 0 Å². The number of nitrogens with zero attached hydrogens (tertiary/aromatic N) is 2. The number of H-pyrrole nitrogens is 1. The lowest BCUT2D eigenvalue weighted by Gasteiger charge is -2.30. The maximum absolute atomic E-state index is 12.2. The van der Waals surface area contributed by atoms with Gasteiger partial charge in [-0.25, -0.2) is 0 Å². The molecule has 122 valence electrons. The minimum atomic E-state index is -0.0369. The van der Waals surface area contributed by atoms with Crippen molar-refractivity contribution < 1.29 is 9.53 Å². The van der Waals surface area contributed by atoms with Crippen LogP contribution in [0, 0.1) is 6.92 Å². The van der Waals surface area contributed by atoms with Gasteiger partial charge < -0.3 is 15.0 Å². The highest BCUT2D eigenvalue weighted by atomic mass is 16.5. The Bertz CT molecular complexity index is 649. The highest BCUT2D eigenvalue weighted by Crippen LogP contribution is 2.22. The molecule has 0 radical (unpaired) electrons. The first kappa shape index (κ1) is 15.6. The largest absolute Gasteiger partial charge is 0.378 e. The van der Waals surface area contributed by atoms with Gasteiger partial charge >= 0.3 is 0 Å². The Morgan fingerprint density at radius 3 is 2.91 bits per heavy atom. The van der Waals surface area contributed by atoms with Crippen LogP contribution < -0.4 is 10.2 Å². The molecule has 0 spiro atoms. The summed E-state index contributed by atoms with van der Waals surface area (Å²) >= 11 is 0. The van der Waals surface area contributed by atoms with Crippen LogP contribution >= 0.6 is 0 Å². The van der Waals surface area contributed by atoms with Gasteiger partial charge in [0.1, 0.15) is 0 Å². The predicted molar refractivity (Wildman–Crippen MR) is 88.8 cm³/mol. The summed E-state index contributed by atoms with van der Waals surface area (Å²) in [5, 5.41) is 9.61. The van der Waals surface area contributed by atoms with Gasteiger partial charge in [-0.1, -0.05) is 0 Å². The van der Waals surface area contributed by atoms with Crippen LogP contribution in [-0.2, 0) is 11.2 Å². The van der Waals surface area contributed by atoms with Crippen LogP contribution in [0.2, 0.25) is 0 Å². The van der Waals surface area contributed by atoms with Gasteiger partial charge in [-0.2, -0.15) is 5.10 Å². The predicted octanol–water partition coefficient (Wildman–Crippen LogP) is 1.53. The summed E-state index contributed by atoms with van der Waals surface area (Å²) in [5.41, 5.74) is 4.09. The number of aromatic nitrogens is 2. The lowest BCUT2D eigenvalue weighted by atomic mass is 10.1. The molecule has 1 amide bonds. The standard InChI is InChI=1S/C17H22N4O2/c1-13-10-15(2-3-16(13)21-6-8-23-9-7-21)17(22)18-5-4-14-11-19-20-12-14/h2-3,10-12H,4-9H2,1H3,(H,18,22)(H,19,20). The number of carbonyl (C=O) groups is 1. The van der Waals surface area contributed by atoms with Gasteiger partial charge in [-0.15, -0.1) is 0 Å². The Balaban J connectivity index is 1.58. The van der Waals surface area contributed by atoms with Crippen molar-refractivity contribution >= 4 is 11.6 Å². The molecule has 0 atom stereocenters. The van der Waals surface area contributed by atoms with E-state index in [1.807, 2.05) is 31.3 Å². The second kappa shape index (κ2) is 7.28. The third-order valence-corrected chi connectivity index (χ3v) is 4.06. The van der Waals surface area contributed by atoms with E-state index in [1.54, 1.807) is 6.20 Å². The third-order valence-electron chi connectivity index (χ3n) is 4.06. The van der Waals surface area contributed by atoms with E-state index >= 15 is 0 Å². The highest BCUT2D eigenvalue weighted by Gasteiger charge is 2.14. The van der Waals surface area contributed by atoms with Crippen LogP contribution in [0.15, 0.2) is 30.6 Å². The van der Waals surface area contributed by atoms with E-state index < -0.39 is 0 Å². The Kier molecular flexibility index (Phi) is 4.92. The second-order valence-corrected chi connectivity index (χ2v) is 5.71. The summed E-state index contributed by atoms with van der Waals surface area (Å²) in [5.74, 6) is -0.0369. The van der Waals surface area contributed by atoms with Crippen molar-refractivity contribution in [3.8, 4) is 0 Å². The number of nitrogens with one attached hydrogen (secondary N) is 2. The van der Waals surface area contributed by atoms with Crippen LogP contribution in [0.4, 0.5) is 5.69 Å². The number of aromatic amines is 1. The van der Waals surface area contributed by atoms with E-state index in [1.165, 1.54) is 5.69 Å². The van der Waals surface area contributed by atoms with Crippen molar-refractivity contribution in [3.05, 3.63) is 47.3 Å². The molecule has 23 heavy (non-hydrogen) atoms. The third kappa shape index (κ3) is 3.90. The molecule has 0 saturated carbocycles. The quantitative estimate of drug-likeness (QED) is 0.878. The smallest absolute Gasteiger partial charge is 0.251 e. The number of amides is 1. The zero-order chi connectivity index (χ0) is 16.1.